The Morgan fingerprint density at radius 1 is 1.00 bits per heavy atom. The summed E-state index contributed by atoms with van der Waals surface area (Å²) in [5.41, 5.74) is 3.14. The average molecular weight is 366 g/mol. The molecule has 0 aliphatic carbocycles. The molecule has 1 spiro atoms. The van der Waals surface area contributed by atoms with Gasteiger partial charge >= 0.3 is 0 Å². The van der Waals surface area contributed by atoms with Crippen molar-refractivity contribution in [1.82, 2.24) is 14.8 Å². The highest BCUT2D eigenvalue weighted by atomic mass is 16.5. The summed E-state index contributed by atoms with van der Waals surface area (Å²) in [4.78, 5) is 9.52. The summed E-state index contributed by atoms with van der Waals surface area (Å²) in [6.45, 7) is 7.67. The van der Waals surface area contributed by atoms with Gasteiger partial charge in [-0.15, -0.1) is 0 Å². The normalized spacial score (nSPS) is 23.1. The molecule has 4 heteroatoms. The molecule has 0 radical (unpaired) electrons. The van der Waals surface area contributed by atoms with E-state index in [1.807, 2.05) is 25.6 Å². The summed E-state index contributed by atoms with van der Waals surface area (Å²) >= 11 is 0. The number of pyridine rings is 1. The van der Waals surface area contributed by atoms with E-state index in [1.54, 1.807) is 0 Å². The molecule has 27 heavy (non-hydrogen) atoms. The first-order valence-corrected chi connectivity index (χ1v) is 10.1. The van der Waals surface area contributed by atoms with E-state index in [0.717, 1.165) is 26.2 Å². The Morgan fingerprint density at radius 2 is 1.74 bits per heavy atom. The number of benzene rings is 1. The van der Waals surface area contributed by atoms with Crippen LogP contribution in [0.3, 0.4) is 0 Å². The molecule has 0 bridgehead atoms. The van der Waals surface area contributed by atoms with Crippen molar-refractivity contribution in [2.24, 2.45) is 11.3 Å². The quantitative estimate of drug-likeness (QED) is 0.784. The average Bonchev–Trinajstić information content (AvgIpc) is 3.02. The minimum atomic E-state index is 0.408. The molecule has 1 aromatic heterocycles. The van der Waals surface area contributed by atoms with Crippen molar-refractivity contribution >= 4 is 0 Å². The number of hydrogen-bond acceptors (Lipinski definition) is 4. The van der Waals surface area contributed by atoms with Crippen LogP contribution >= 0.6 is 0 Å². The van der Waals surface area contributed by atoms with E-state index >= 15 is 0 Å². The zero-order chi connectivity index (χ0) is 18.5. The Bertz CT molecular complexity index is 698. The number of methoxy groups -OCH3 is 1. The number of nitrogens with zero attached hydrogens (tertiary/aromatic N) is 3. The minimum absolute atomic E-state index is 0.408. The fourth-order valence-electron chi connectivity index (χ4n) is 5.01. The van der Waals surface area contributed by atoms with Gasteiger partial charge in [-0.05, 0) is 48.5 Å². The van der Waals surface area contributed by atoms with Gasteiger partial charge < -0.3 is 4.74 Å². The van der Waals surface area contributed by atoms with Crippen LogP contribution in [0.2, 0.25) is 0 Å². The van der Waals surface area contributed by atoms with Gasteiger partial charge in [-0.2, -0.15) is 0 Å². The zero-order valence-corrected chi connectivity index (χ0v) is 16.4. The molecule has 0 saturated carbocycles. The van der Waals surface area contributed by atoms with Gasteiger partial charge in [-0.3, -0.25) is 14.8 Å². The number of rotatable bonds is 6. The van der Waals surface area contributed by atoms with E-state index in [2.05, 4.69) is 51.2 Å². The van der Waals surface area contributed by atoms with Gasteiger partial charge in [0.25, 0.3) is 0 Å². The molecule has 4 rings (SSSR count). The van der Waals surface area contributed by atoms with Crippen molar-refractivity contribution in [2.45, 2.75) is 25.9 Å². The summed E-state index contributed by atoms with van der Waals surface area (Å²) in [7, 11) is 1.85. The maximum Gasteiger partial charge on any atom is 0.0508 e. The number of likely N-dealkylation sites (tertiary alicyclic amines) is 2. The fraction of sp³-hybridized carbons (Fsp3) is 0.522. The van der Waals surface area contributed by atoms with Crippen LogP contribution in [0.5, 0.6) is 0 Å². The van der Waals surface area contributed by atoms with E-state index in [0.29, 0.717) is 11.3 Å². The standard InChI is InChI=1S/C23H31N3O/c1-27-18-22-17-26(16-21-8-5-11-24-14-21)19-23(22)9-12-25(13-10-23)15-20-6-3-2-4-7-20/h2-8,11,14,22H,9-10,12-13,15-19H2,1H3/t22-/m1/s1. The predicted octanol–water partition coefficient (Wildman–Crippen LogP) is 3.44. The van der Waals surface area contributed by atoms with Gasteiger partial charge in [0, 0.05) is 51.6 Å². The lowest BCUT2D eigenvalue weighted by atomic mass is 9.71. The van der Waals surface area contributed by atoms with Crippen LogP contribution in [0, 0.1) is 11.3 Å². The molecule has 0 amide bonds. The van der Waals surface area contributed by atoms with Crippen LogP contribution in [0.15, 0.2) is 54.9 Å². The summed E-state index contributed by atoms with van der Waals surface area (Å²) in [6.07, 6.45) is 6.40. The monoisotopic (exact) mass is 365 g/mol. The summed E-state index contributed by atoms with van der Waals surface area (Å²) < 4.78 is 5.62. The van der Waals surface area contributed by atoms with Crippen molar-refractivity contribution in [3.8, 4) is 0 Å². The molecule has 2 saturated heterocycles. The van der Waals surface area contributed by atoms with Gasteiger partial charge in [0.05, 0.1) is 6.61 Å². The second-order valence-corrected chi connectivity index (χ2v) is 8.31. The first-order chi connectivity index (χ1) is 13.3. The van der Waals surface area contributed by atoms with Crippen LogP contribution in [-0.2, 0) is 17.8 Å². The van der Waals surface area contributed by atoms with Crippen molar-refractivity contribution in [2.75, 3.05) is 39.9 Å². The molecule has 2 aliphatic heterocycles. The lowest BCUT2D eigenvalue weighted by molar-refractivity contribution is 0.0350. The van der Waals surface area contributed by atoms with Crippen LogP contribution in [0.4, 0.5) is 0 Å². The van der Waals surface area contributed by atoms with E-state index in [4.69, 9.17) is 4.74 Å². The van der Waals surface area contributed by atoms with Gasteiger partial charge in [-0.1, -0.05) is 36.4 Å². The first-order valence-electron chi connectivity index (χ1n) is 10.1. The molecular weight excluding hydrogens is 334 g/mol. The molecule has 2 fully saturated rings. The Morgan fingerprint density at radius 3 is 2.44 bits per heavy atom. The van der Waals surface area contributed by atoms with Gasteiger partial charge in [-0.25, -0.2) is 0 Å². The Balaban J connectivity index is 1.38. The van der Waals surface area contributed by atoms with E-state index < -0.39 is 0 Å². The van der Waals surface area contributed by atoms with Gasteiger partial charge in [0.1, 0.15) is 0 Å². The molecule has 1 aromatic carbocycles. The maximum absolute atomic E-state index is 5.62. The molecule has 144 valence electrons. The fourth-order valence-corrected chi connectivity index (χ4v) is 5.01. The number of piperidine rings is 1. The Hall–Kier alpha value is -1.75. The smallest absolute Gasteiger partial charge is 0.0508 e. The maximum atomic E-state index is 5.62. The highest BCUT2D eigenvalue weighted by Crippen LogP contribution is 2.45. The van der Waals surface area contributed by atoms with E-state index in [1.165, 1.54) is 43.6 Å². The van der Waals surface area contributed by atoms with Crippen molar-refractivity contribution < 1.29 is 4.74 Å². The highest BCUT2D eigenvalue weighted by Gasteiger charge is 2.47. The molecule has 3 heterocycles. The Kier molecular flexibility index (Phi) is 5.86. The number of hydrogen-bond donors (Lipinski definition) is 0. The van der Waals surface area contributed by atoms with Crippen LogP contribution in [-0.4, -0.2) is 54.7 Å². The largest absolute Gasteiger partial charge is 0.384 e. The second-order valence-electron chi connectivity index (χ2n) is 8.31. The number of aromatic nitrogens is 1. The van der Waals surface area contributed by atoms with E-state index in [-0.39, 0.29) is 0 Å². The molecule has 0 unspecified atom stereocenters. The third-order valence-electron chi connectivity index (χ3n) is 6.48. The van der Waals surface area contributed by atoms with E-state index in [9.17, 15) is 0 Å². The molecule has 1 atom stereocenters. The topological polar surface area (TPSA) is 28.6 Å². The summed E-state index contributed by atoms with van der Waals surface area (Å²) in [5.74, 6) is 0.637. The van der Waals surface area contributed by atoms with Crippen LogP contribution in [0.1, 0.15) is 24.0 Å². The molecule has 2 aliphatic rings. The zero-order valence-electron chi connectivity index (χ0n) is 16.4. The highest BCUT2D eigenvalue weighted by molar-refractivity contribution is 5.15. The third kappa shape index (κ3) is 4.40. The lowest BCUT2D eigenvalue weighted by Gasteiger charge is -2.42. The SMILES string of the molecule is COC[C@H]1CN(Cc2cccnc2)CC12CCN(Cc1ccccc1)CC2. The van der Waals surface area contributed by atoms with Gasteiger partial charge in [0.2, 0.25) is 0 Å². The molecular formula is C23H31N3O. The van der Waals surface area contributed by atoms with Crippen molar-refractivity contribution in [3.05, 3.63) is 66.0 Å². The van der Waals surface area contributed by atoms with Crippen molar-refractivity contribution in [3.63, 3.8) is 0 Å². The van der Waals surface area contributed by atoms with Gasteiger partial charge in [0.15, 0.2) is 0 Å². The lowest BCUT2D eigenvalue weighted by Crippen LogP contribution is -2.44. The van der Waals surface area contributed by atoms with Crippen LogP contribution in [0.25, 0.3) is 0 Å². The molecule has 0 N–H and O–H groups in total. The predicted molar refractivity (Wildman–Crippen MR) is 108 cm³/mol. The summed E-state index contributed by atoms with van der Waals surface area (Å²) in [5, 5.41) is 0. The Labute approximate surface area is 163 Å². The number of ether oxygens (including phenoxy) is 1. The minimum Gasteiger partial charge on any atom is -0.384 e. The van der Waals surface area contributed by atoms with Crippen LogP contribution < -0.4 is 0 Å². The molecule has 2 aromatic rings. The summed E-state index contributed by atoms with van der Waals surface area (Å²) in [6, 6.07) is 15.1. The van der Waals surface area contributed by atoms with Crippen molar-refractivity contribution in [1.29, 1.82) is 0 Å². The first kappa shape index (κ1) is 18.6. The third-order valence-corrected chi connectivity index (χ3v) is 6.48. The molecule has 4 nitrogen and oxygen atoms in total. The second kappa shape index (κ2) is 8.51.